The number of ether oxygens (including phenoxy) is 1. The number of amides is 1. The summed E-state index contributed by atoms with van der Waals surface area (Å²) in [5.41, 5.74) is 1.47. The van der Waals surface area contributed by atoms with Gasteiger partial charge in [0.05, 0.1) is 17.1 Å². The standard InChI is InChI=1S/C23H27N5O6S/c1-3-5-15-8-9-24-20-19(15)25-21(26-22(20)29)17-14-16(6-7-18(17)34-4-2)35(32,33)28-12-10-27(11-13-28)23(30)31/h6-9,14H,3-5,10-13H2,1-2H3,(H,30,31)(H,25,26,29). The number of sulfonamides is 1. The smallest absolute Gasteiger partial charge is 0.407 e. The Bertz CT molecular complexity index is 1410. The van der Waals surface area contributed by atoms with E-state index in [0.29, 0.717) is 29.9 Å². The first-order chi connectivity index (χ1) is 16.8. The van der Waals surface area contributed by atoms with E-state index in [-0.39, 0.29) is 42.4 Å². The molecule has 1 aliphatic rings. The molecule has 35 heavy (non-hydrogen) atoms. The molecule has 1 aromatic carbocycles. The molecule has 2 N–H and O–H groups in total. The van der Waals surface area contributed by atoms with Gasteiger partial charge in [0.2, 0.25) is 10.0 Å². The molecular weight excluding hydrogens is 474 g/mol. The molecule has 0 spiro atoms. The summed E-state index contributed by atoms with van der Waals surface area (Å²) < 4.78 is 33.7. The highest BCUT2D eigenvalue weighted by Crippen LogP contribution is 2.32. The predicted molar refractivity (Wildman–Crippen MR) is 129 cm³/mol. The van der Waals surface area contributed by atoms with Gasteiger partial charge in [0.25, 0.3) is 5.56 Å². The van der Waals surface area contributed by atoms with Gasteiger partial charge in [-0.25, -0.2) is 23.2 Å². The fourth-order valence-corrected chi connectivity index (χ4v) is 5.54. The van der Waals surface area contributed by atoms with E-state index in [9.17, 15) is 18.0 Å². The number of H-pyrrole nitrogens is 1. The fourth-order valence-electron chi connectivity index (χ4n) is 4.09. The molecule has 12 heteroatoms. The second-order valence-corrected chi connectivity index (χ2v) is 10.0. The predicted octanol–water partition coefficient (Wildman–Crippen LogP) is 2.32. The minimum Gasteiger partial charge on any atom is -0.493 e. The molecule has 3 heterocycles. The Hall–Kier alpha value is -3.51. The van der Waals surface area contributed by atoms with Gasteiger partial charge in [-0.3, -0.25) is 4.79 Å². The first-order valence-corrected chi connectivity index (χ1v) is 12.8. The van der Waals surface area contributed by atoms with E-state index in [1.807, 2.05) is 13.0 Å². The molecule has 0 bridgehead atoms. The molecule has 1 amide bonds. The maximum absolute atomic E-state index is 13.4. The van der Waals surface area contributed by atoms with E-state index in [2.05, 4.69) is 15.0 Å². The summed E-state index contributed by atoms with van der Waals surface area (Å²) in [4.78, 5) is 36.7. The number of nitrogens with one attached hydrogen (secondary N) is 1. The number of piperazine rings is 1. The SMILES string of the molecule is CCCc1ccnc2c(=O)[nH]c(-c3cc(S(=O)(=O)N4CCN(C(=O)O)CC4)ccc3OCC)nc12. The molecule has 0 radical (unpaired) electrons. The van der Waals surface area contributed by atoms with E-state index in [1.54, 1.807) is 19.2 Å². The summed E-state index contributed by atoms with van der Waals surface area (Å²) in [6.45, 7) is 4.43. The van der Waals surface area contributed by atoms with Crippen molar-refractivity contribution in [2.45, 2.75) is 31.6 Å². The van der Waals surface area contributed by atoms with Gasteiger partial charge >= 0.3 is 6.09 Å². The van der Waals surface area contributed by atoms with Crippen LogP contribution in [0.3, 0.4) is 0 Å². The van der Waals surface area contributed by atoms with E-state index in [1.165, 1.54) is 21.3 Å². The van der Waals surface area contributed by atoms with Crippen molar-refractivity contribution < 1.29 is 23.1 Å². The number of hydrogen-bond acceptors (Lipinski definition) is 7. The van der Waals surface area contributed by atoms with Crippen molar-refractivity contribution >= 4 is 27.1 Å². The lowest BCUT2D eigenvalue weighted by Gasteiger charge is -2.32. The lowest BCUT2D eigenvalue weighted by atomic mass is 10.1. The maximum atomic E-state index is 13.4. The number of aryl methyl sites for hydroxylation is 1. The number of pyridine rings is 1. The van der Waals surface area contributed by atoms with Crippen LogP contribution < -0.4 is 10.3 Å². The molecular formula is C23H27N5O6S. The van der Waals surface area contributed by atoms with Crippen LogP contribution in [-0.2, 0) is 16.4 Å². The van der Waals surface area contributed by atoms with Crippen molar-refractivity contribution in [3.8, 4) is 17.1 Å². The Balaban J connectivity index is 1.80. The van der Waals surface area contributed by atoms with Crippen LogP contribution in [0.5, 0.6) is 5.75 Å². The third-order valence-electron chi connectivity index (χ3n) is 5.85. The van der Waals surface area contributed by atoms with Crippen LogP contribution in [0.1, 0.15) is 25.8 Å². The summed E-state index contributed by atoms with van der Waals surface area (Å²) in [5.74, 6) is 0.564. The molecule has 4 rings (SSSR count). The minimum atomic E-state index is -3.92. The van der Waals surface area contributed by atoms with Crippen LogP contribution >= 0.6 is 0 Å². The molecule has 11 nitrogen and oxygen atoms in total. The molecule has 1 aliphatic heterocycles. The zero-order valence-electron chi connectivity index (χ0n) is 19.5. The molecule has 186 valence electrons. The summed E-state index contributed by atoms with van der Waals surface area (Å²) in [6.07, 6.45) is 2.07. The number of aromatic nitrogens is 3. The average Bonchev–Trinajstić information content (AvgIpc) is 2.85. The van der Waals surface area contributed by atoms with Gasteiger partial charge in [-0.2, -0.15) is 4.31 Å². The van der Waals surface area contributed by atoms with E-state index in [4.69, 9.17) is 9.84 Å². The first-order valence-electron chi connectivity index (χ1n) is 11.4. The molecule has 3 aromatic rings. The van der Waals surface area contributed by atoms with Gasteiger partial charge in [0.1, 0.15) is 17.1 Å². The van der Waals surface area contributed by atoms with Crippen molar-refractivity contribution in [3.63, 3.8) is 0 Å². The van der Waals surface area contributed by atoms with Crippen LogP contribution in [0, 0.1) is 0 Å². The van der Waals surface area contributed by atoms with Gasteiger partial charge < -0.3 is 19.7 Å². The molecule has 0 atom stereocenters. The average molecular weight is 502 g/mol. The van der Waals surface area contributed by atoms with Crippen LogP contribution in [0.4, 0.5) is 4.79 Å². The maximum Gasteiger partial charge on any atom is 0.407 e. The fraction of sp³-hybridized carbons (Fsp3) is 0.391. The van der Waals surface area contributed by atoms with Crippen molar-refractivity contribution in [2.24, 2.45) is 0 Å². The Morgan fingerprint density at radius 1 is 1.14 bits per heavy atom. The van der Waals surface area contributed by atoms with Gasteiger partial charge in [0.15, 0.2) is 5.52 Å². The zero-order valence-corrected chi connectivity index (χ0v) is 20.3. The number of fused-ring (bicyclic) bond motifs is 1. The third kappa shape index (κ3) is 4.84. The van der Waals surface area contributed by atoms with Gasteiger partial charge in [-0.05, 0) is 43.2 Å². The van der Waals surface area contributed by atoms with Crippen molar-refractivity contribution in [3.05, 3.63) is 46.4 Å². The largest absolute Gasteiger partial charge is 0.493 e. The highest BCUT2D eigenvalue weighted by atomic mass is 32.2. The lowest BCUT2D eigenvalue weighted by molar-refractivity contribution is 0.126. The van der Waals surface area contributed by atoms with Crippen molar-refractivity contribution in [2.75, 3.05) is 32.8 Å². The lowest BCUT2D eigenvalue weighted by Crippen LogP contribution is -2.50. The topological polar surface area (TPSA) is 146 Å². The van der Waals surface area contributed by atoms with Gasteiger partial charge in [-0.15, -0.1) is 0 Å². The van der Waals surface area contributed by atoms with Gasteiger partial charge in [-0.1, -0.05) is 13.3 Å². The van der Waals surface area contributed by atoms with Crippen molar-refractivity contribution in [1.82, 2.24) is 24.2 Å². The van der Waals surface area contributed by atoms with Crippen LogP contribution in [0.25, 0.3) is 22.4 Å². The quantitative estimate of drug-likeness (QED) is 0.502. The summed E-state index contributed by atoms with van der Waals surface area (Å²) in [6, 6.07) is 6.24. The molecule has 2 aromatic heterocycles. The number of nitrogens with zero attached hydrogens (tertiary/aromatic N) is 4. The third-order valence-corrected chi connectivity index (χ3v) is 7.75. The van der Waals surface area contributed by atoms with E-state index in [0.717, 1.165) is 12.0 Å². The number of aromatic amines is 1. The van der Waals surface area contributed by atoms with E-state index < -0.39 is 21.7 Å². The normalized spacial score (nSPS) is 14.9. The highest BCUT2D eigenvalue weighted by Gasteiger charge is 2.31. The number of hydrogen-bond donors (Lipinski definition) is 2. The number of benzene rings is 1. The van der Waals surface area contributed by atoms with Crippen LogP contribution in [0.15, 0.2) is 40.2 Å². The highest BCUT2D eigenvalue weighted by molar-refractivity contribution is 7.89. The number of carboxylic acid groups (broad SMARTS) is 1. The second kappa shape index (κ2) is 10.0. The molecule has 1 fully saturated rings. The molecule has 0 unspecified atom stereocenters. The minimum absolute atomic E-state index is 0.00226. The second-order valence-electron chi connectivity index (χ2n) is 8.10. The monoisotopic (exact) mass is 501 g/mol. The summed E-state index contributed by atoms with van der Waals surface area (Å²) in [7, 11) is -3.92. The van der Waals surface area contributed by atoms with Crippen LogP contribution in [0.2, 0.25) is 0 Å². The molecule has 0 saturated carbocycles. The Morgan fingerprint density at radius 2 is 1.89 bits per heavy atom. The number of carbonyl (C=O) groups is 1. The van der Waals surface area contributed by atoms with Crippen LogP contribution in [-0.4, -0.2) is 76.6 Å². The Labute approximate surface area is 202 Å². The Kier molecular flexibility index (Phi) is 7.03. The number of rotatable bonds is 7. The van der Waals surface area contributed by atoms with Crippen molar-refractivity contribution in [1.29, 1.82) is 0 Å². The summed E-state index contributed by atoms with van der Waals surface area (Å²) in [5, 5.41) is 9.14. The summed E-state index contributed by atoms with van der Waals surface area (Å²) >= 11 is 0. The first kappa shape index (κ1) is 24.6. The molecule has 0 aliphatic carbocycles. The molecule has 1 saturated heterocycles. The van der Waals surface area contributed by atoms with E-state index >= 15 is 0 Å². The Morgan fingerprint density at radius 3 is 2.54 bits per heavy atom. The zero-order chi connectivity index (χ0) is 25.2. The van der Waals surface area contributed by atoms with Gasteiger partial charge in [0, 0.05) is 32.4 Å².